The molecule has 0 spiro atoms. The molecular weight excluding hydrogens is 337 g/mol. The normalized spacial score (nSPS) is 10.9. The molecule has 26 heavy (non-hydrogen) atoms. The molecule has 0 aliphatic carbocycles. The number of fused-ring (bicyclic) bond motifs is 1. The van der Waals surface area contributed by atoms with Gasteiger partial charge in [-0.3, -0.25) is 13.9 Å². The summed E-state index contributed by atoms with van der Waals surface area (Å²) in [5.74, 6) is 0.924. The van der Waals surface area contributed by atoms with Crippen LogP contribution in [-0.4, -0.2) is 21.2 Å². The minimum atomic E-state index is -1.03. The molecule has 0 saturated heterocycles. The van der Waals surface area contributed by atoms with Crippen molar-refractivity contribution in [2.75, 3.05) is 12.8 Å². The van der Waals surface area contributed by atoms with Crippen molar-refractivity contribution in [1.82, 2.24) is 14.1 Å². The van der Waals surface area contributed by atoms with Gasteiger partial charge in [0, 0.05) is 5.56 Å². The molecule has 0 aliphatic rings. The molecule has 2 heterocycles. The Balaban J connectivity index is 2.57. The number of nitrogens with zero attached hydrogens (tertiary/aromatic N) is 4. The van der Waals surface area contributed by atoms with Gasteiger partial charge in [-0.25, -0.2) is 9.37 Å². The van der Waals surface area contributed by atoms with Gasteiger partial charge in [-0.1, -0.05) is 6.07 Å². The molecule has 2 aromatic heterocycles. The number of aromatic nitrogens is 3. The van der Waals surface area contributed by atoms with E-state index in [1.807, 2.05) is 32.0 Å². The first-order valence-electron chi connectivity index (χ1n) is 7.89. The first kappa shape index (κ1) is 17.5. The van der Waals surface area contributed by atoms with Gasteiger partial charge in [0.25, 0.3) is 5.56 Å². The molecular formula is C18H18FN5O2. The number of anilines is 1. The molecule has 7 nitrogen and oxygen atoms in total. The Labute approximate surface area is 149 Å². The number of nitrogens with two attached hydrogens (primary N) is 1. The lowest BCUT2D eigenvalue weighted by Crippen LogP contribution is -2.23. The topological polar surface area (TPSA) is 98.9 Å². The zero-order chi connectivity index (χ0) is 19.2. The number of hydrogen-bond acceptors (Lipinski definition) is 5. The predicted octanol–water partition coefficient (Wildman–Crippen LogP) is 2.50. The van der Waals surface area contributed by atoms with Crippen LogP contribution in [0.3, 0.4) is 0 Å². The summed E-state index contributed by atoms with van der Waals surface area (Å²) >= 11 is 0. The van der Waals surface area contributed by atoms with Crippen LogP contribution in [0.25, 0.3) is 16.7 Å². The summed E-state index contributed by atoms with van der Waals surface area (Å²) in [5, 5.41) is 9.54. The van der Waals surface area contributed by atoms with E-state index < -0.39 is 12.4 Å². The van der Waals surface area contributed by atoms with Crippen molar-refractivity contribution in [3.05, 3.63) is 45.0 Å². The monoisotopic (exact) mass is 355 g/mol. The second-order valence-electron chi connectivity index (χ2n) is 5.98. The number of benzene rings is 1. The molecule has 0 saturated carbocycles. The fraction of sp³-hybridized carbons (Fsp3) is 0.278. The Morgan fingerprint density at radius 2 is 2.04 bits per heavy atom. The van der Waals surface area contributed by atoms with Crippen molar-refractivity contribution in [2.45, 2.75) is 27.6 Å². The highest BCUT2D eigenvalue weighted by Crippen LogP contribution is 2.34. The van der Waals surface area contributed by atoms with Crippen LogP contribution in [-0.2, 0) is 6.80 Å². The number of nitrogen functional groups attached to an aromatic ring is 1. The second-order valence-corrected chi connectivity index (χ2v) is 5.98. The zero-order valence-electron chi connectivity index (χ0n) is 14.9. The molecule has 134 valence electrons. The predicted molar refractivity (Wildman–Crippen MR) is 96.3 cm³/mol. The van der Waals surface area contributed by atoms with E-state index in [-0.39, 0.29) is 28.2 Å². The van der Waals surface area contributed by atoms with E-state index in [4.69, 9.17) is 10.5 Å². The molecule has 0 aliphatic heterocycles. The highest BCUT2D eigenvalue weighted by atomic mass is 19.1. The molecule has 3 rings (SSSR count). The smallest absolute Gasteiger partial charge is 0.266 e. The summed E-state index contributed by atoms with van der Waals surface area (Å²) in [6.07, 6.45) is 0. The van der Waals surface area contributed by atoms with Crippen LogP contribution in [0.2, 0.25) is 0 Å². The number of nitriles is 1. The van der Waals surface area contributed by atoms with Gasteiger partial charge in [-0.05, 0) is 32.4 Å². The maximum Gasteiger partial charge on any atom is 0.266 e. The number of hydrogen-bond donors (Lipinski definition) is 1. The van der Waals surface area contributed by atoms with Gasteiger partial charge in [0.05, 0.1) is 12.8 Å². The largest absolute Gasteiger partial charge is 0.496 e. The van der Waals surface area contributed by atoms with Crippen LogP contribution in [0.15, 0.2) is 16.9 Å². The third-order valence-electron chi connectivity index (χ3n) is 4.56. The third kappa shape index (κ3) is 2.24. The molecule has 2 N–H and O–H groups in total. The molecule has 8 heteroatoms. The van der Waals surface area contributed by atoms with E-state index in [1.165, 1.54) is 6.92 Å². The fourth-order valence-corrected chi connectivity index (χ4v) is 3.24. The first-order valence-corrected chi connectivity index (χ1v) is 7.89. The summed E-state index contributed by atoms with van der Waals surface area (Å²) in [6.45, 7) is 4.24. The first-order chi connectivity index (χ1) is 12.4. The highest BCUT2D eigenvalue weighted by molar-refractivity contribution is 5.91. The minimum absolute atomic E-state index is 0.00914. The van der Waals surface area contributed by atoms with E-state index in [0.29, 0.717) is 11.4 Å². The van der Waals surface area contributed by atoms with Crippen LogP contribution in [0.5, 0.6) is 5.75 Å². The maximum absolute atomic E-state index is 13.3. The standard InChI is InChI=1S/C18H18FN5O2/c1-9-5-6-13(26-4)10(2)15(9)24-16(21)12(7-20)14-17(24)22-11(3)23(8-19)18(14)25/h5-6H,8,21H2,1-4H3. The number of methoxy groups -OCH3 is 1. The minimum Gasteiger partial charge on any atom is -0.496 e. The second kappa shape index (κ2) is 6.19. The molecule has 0 atom stereocenters. The molecule has 0 unspecified atom stereocenters. The Bertz CT molecular complexity index is 1140. The Morgan fingerprint density at radius 3 is 2.62 bits per heavy atom. The van der Waals surface area contributed by atoms with Crippen molar-refractivity contribution >= 4 is 16.9 Å². The van der Waals surface area contributed by atoms with E-state index in [9.17, 15) is 14.4 Å². The lowest BCUT2D eigenvalue weighted by Gasteiger charge is -2.17. The summed E-state index contributed by atoms with van der Waals surface area (Å²) < 4.78 is 21.1. The van der Waals surface area contributed by atoms with E-state index >= 15 is 0 Å². The Morgan fingerprint density at radius 1 is 1.35 bits per heavy atom. The van der Waals surface area contributed by atoms with Gasteiger partial charge in [0.15, 0.2) is 12.4 Å². The van der Waals surface area contributed by atoms with E-state index in [2.05, 4.69) is 4.98 Å². The molecule has 1 aromatic carbocycles. The number of aryl methyl sites for hydroxylation is 2. The lowest BCUT2D eigenvalue weighted by atomic mass is 10.1. The van der Waals surface area contributed by atoms with Crippen LogP contribution >= 0.6 is 0 Å². The Hall–Kier alpha value is -3.34. The van der Waals surface area contributed by atoms with Gasteiger partial charge >= 0.3 is 0 Å². The van der Waals surface area contributed by atoms with Crippen LogP contribution in [0.4, 0.5) is 10.2 Å². The van der Waals surface area contributed by atoms with Gasteiger partial charge in [0.2, 0.25) is 0 Å². The van der Waals surface area contributed by atoms with Gasteiger partial charge in [0.1, 0.15) is 34.4 Å². The van der Waals surface area contributed by atoms with Crippen molar-refractivity contribution < 1.29 is 9.13 Å². The van der Waals surface area contributed by atoms with Gasteiger partial charge in [-0.2, -0.15) is 5.26 Å². The summed E-state index contributed by atoms with van der Waals surface area (Å²) in [6, 6.07) is 5.64. The fourth-order valence-electron chi connectivity index (χ4n) is 3.24. The Kier molecular flexibility index (Phi) is 4.16. The van der Waals surface area contributed by atoms with Gasteiger partial charge < -0.3 is 10.5 Å². The van der Waals surface area contributed by atoms with Crippen molar-refractivity contribution in [3.63, 3.8) is 0 Å². The van der Waals surface area contributed by atoms with Crippen LogP contribution in [0, 0.1) is 32.1 Å². The van der Waals surface area contributed by atoms with Crippen molar-refractivity contribution in [3.8, 4) is 17.5 Å². The molecule has 0 radical (unpaired) electrons. The maximum atomic E-state index is 13.3. The average Bonchev–Trinajstić information content (AvgIpc) is 2.87. The molecule has 0 amide bonds. The van der Waals surface area contributed by atoms with E-state index in [0.717, 1.165) is 15.7 Å². The summed E-state index contributed by atoms with van der Waals surface area (Å²) in [4.78, 5) is 17.1. The summed E-state index contributed by atoms with van der Waals surface area (Å²) in [5.41, 5.74) is 8.13. The van der Waals surface area contributed by atoms with Crippen molar-refractivity contribution in [2.24, 2.45) is 0 Å². The van der Waals surface area contributed by atoms with Crippen LogP contribution < -0.4 is 16.0 Å². The molecule has 3 aromatic rings. The van der Waals surface area contributed by atoms with E-state index in [1.54, 1.807) is 11.7 Å². The number of halogens is 1. The third-order valence-corrected chi connectivity index (χ3v) is 4.56. The summed E-state index contributed by atoms with van der Waals surface area (Å²) in [7, 11) is 1.56. The number of alkyl halides is 1. The highest BCUT2D eigenvalue weighted by Gasteiger charge is 2.24. The quantitative estimate of drug-likeness (QED) is 0.778. The van der Waals surface area contributed by atoms with Crippen molar-refractivity contribution in [1.29, 1.82) is 5.26 Å². The molecule has 0 fully saturated rings. The lowest BCUT2D eigenvalue weighted by molar-refractivity contribution is 0.361. The average molecular weight is 355 g/mol. The SMILES string of the molecule is COc1ccc(C)c(-n2c(N)c(C#N)c3c(=O)n(CF)c(C)nc32)c1C. The number of ether oxygens (including phenoxy) is 1. The zero-order valence-corrected chi connectivity index (χ0v) is 14.9. The molecule has 0 bridgehead atoms. The van der Waals surface area contributed by atoms with Crippen LogP contribution in [0.1, 0.15) is 22.5 Å². The number of rotatable bonds is 3. The van der Waals surface area contributed by atoms with Gasteiger partial charge in [-0.15, -0.1) is 0 Å².